The average Bonchev–Trinajstić information content (AvgIpc) is 0.666. The highest BCUT2D eigenvalue weighted by Crippen LogP contribution is 2.34. The third-order valence-corrected chi connectivity index (χ3v) is 7.35. The van der Waals surface area contributed by atoms with E-state index in [-0.39, 0.29) is 0 Å². The van der Waals surface area contributed by atoms with Crippen LogP contribution in [0.3, 0.4) is 0 Å². The fraction of sp³-hybridized carbons (Fsp3) is 0.317. The Labute approximate surface area is 354 Å². The number of amides is 1. The number of nitrogens with zero attached hydrogens (tertiary/aromatic N) is 3. The molecule has 1 aliphatic heterocycles. The zero-order chi connectivity index (χ0) is 66.0. The molecule has 1 amide bonds. The Kier molecular flexibility index (Phi) is 4.70. The van der Waals surface area contributed by atoms with Crippen LogP contribution in [0.5, 0.6) is 0 Å². The summed E-state index contributed by atoms with van der Waals surface area (Å²) in [4.78, 5) is 28.3. The molecule has 6 nitrogen and oxygen atoms in total. The largest absolute Gasteiger partial charge is 0.416 e. The normalized spacial score (nSPS) is 28.4. The van der Waals surface area contributed by atoms with E-state index in [1.165, 1.54) is 0 Å². The third kappa shape index (κ3) is 9.00. The van der Waals surface area contributed by atoms with Crippen molar-refractivity contribution in [2.75, 3.05) is 33.2 Å². The van der Waals surface area contributed by atoms with E-state index < -0.39 is 259 Å². The SMILES string of the molecule is [2H]c1c([2H])c(F)c(F)c(C([2H])([2H])Sc2c([2H])c(=O)c3c([2H])c([2H])c([2H])c([2H])c3n2C([2H])([2H])C(=O)N(C([2H])([2H])c2c([2H])c([2H])c(-c3c([2H])c([2H])c(C(F)(F)F)c(C)c3[2H])c([2H])c2[2H])C2([2H])C([2H])([2H])C([2H])([2H])N(CC([2H])([2H])OC)C([2H])([2H])C2([2H])[2H])c1[2H]. The molecule has 4 aromatic carbocycles. The molecule has 2 heterocycles. The summed E-state index contributed by atoms with van der Waals surface area (Å²) in [6.07, 6.45) is -15.5. The van der Waals surface area contributed by atoms with Crippen LogP contribution in [0, 0.1) is 18.6 Å². The zero-order valence-corrected chi connectivity index (χ0v) is 27.4. The Balaban J connectivity index is 1.88. The van der Waals surface area contributed by atoms with Gasteiger partial charge in [-0.05, 0) is 66.1 Å². The molecule has 278 valence electrons. The number of piperidine rings is 1. The van der Waals surface area contributed by atoms with Gasteiger partial charge in [0.1, 0.15) is 6.50 Å². The minimum Gasteiger partial charge on any atom is -0.383 e. The lowest BCUT2D eigenvalue weighted by Crippen LogP contribution is -2.48. The first-order valence-electron chi connectivity index (χ1n) is 30.3. The number of methoxy groups -OCH3 is 1. The fourth-order valence-electron chi connectivity index (χ4n) is 4.16. The lowest BCUT2D eigenvalue weighted by atomic mass is 9.98. The summed E-state index contributed by atoms with van der Waals surface area (Å²) in [6, 6.07) is -30.5. The van der Waals surface area contributed by atoms with E-state index in [4.69, 9.17) is 31.5 Å². The van der Waals surface area contributed by atoms with Crippen molar-refractivity contribution in [3.8, 4) is 11.1 Å². The van der Waals surface area contributed by atoms with Crippen molar-refractivity contribution in [1.82, 2.24) is 14.4 Å². The van der Waals surface area contributed by atoms with Crippen LogP contribution in [0.15, 0.2) is 100 Å². The van der Waals surface area contributed by atoms with E-state index in [1.807, 2.05) is 0 Å². The molecule has 0 bridgehead atoms. The number of hydrogen-bond acceptors (Lipinski definition) is 5. The number of benzene rings is 4. The quantitative estimate of drug-likeness (QED) is 0.0937. The molecular formula is C41H40F5N3O3S. The molecule has 0 aliphatic carbocycles. The molecule has 0 atom stereocenters. The summed E-state index contributed by atoms with van der Waals surface area (Å²) < 4.78 is 361. The molecular weight excluding hydrogens is 710 g/mol. The third-order valence-electron chi connectivity index (χ3n) is 6.57. The van der Waals surface area contributed by atoms with Crippen LogP contribution < -0.4 is 5.43 Å². The molecule has 1 aliphatic rings. The Hall–Kier alpha value is -4.52. The number of halogens is 5. The molecule has 1 saturated heterocycles. The number of carbonyl (C=O) groups is 1. The summed E-state index contributed by atoms with van der Waals surface area (Å²) in [7, 11) is 0.607. The summed E-state index contributed by atoms with van der Waals surface area (Å²) in [6.45, 7) is -24.0. The van der Waals surface area contributed by atoms with Gasteiger partial charge >= 0.3 is 6.18 Å². The van der Waals surface area contributed by atoms with Crippen LogP contribution in [0.4, 0.5) is 22.0 Å². The van der Waals surface area contributed by atoms with Gasteiger partial charge in [-0.25, -0.2) is 8.78 Å². The number of rotatable bonds is 12. The minimum atomic E-state index is -5.45. The van der Waals surface area contributed by atoms with Crippen molar-refractivity contribution in [2.24, 2.45) is 0 Å². The maximum atomic E-state index is 16.1. The molecule has 1 aromatic heterocycles. The van der Waals surface area contributed by atoms with Gasteiger partial charge in [-0.15, -0.1) is 11.8 Å². The van der Waals surface area contributed by atoms with Crippen molar-refractivity contribution >= 4 is 28.6 Å². The average molecular weight is 782 g/mol. The Morgan fingerprint density at radius 3 is 2.45 bits per heavy atom. The summed E-state index contributed by atoms with van der Waals surface area (Å²) in [5.41, 5.74) is -17.6. The smallest absolute Gasteiger partial charge is 0.383 e. The number of aromatic nitrogens is 1. The minimum absolute atomic E-state index is 0.593. The topological polar surface area (TPSA) is 54.8 Å². The molecule has 12 heteroatoms. The predicted octanol–water partition coefficient (Wildman–Crippen LogP) is 8.71. The standard InChI is InChI=1S/C41H40F5N3O3S/c1-27-22-30(14-15-34(27)41(44,45)46)29-12-10-28(11-13-29)24-48(32-16-18-47(19-17-32)20-21-52-2)38(51)25-49-36-9-4-3-7-33(36)37(50)23-39(49)53-26-31-6-5-8-35(42)40(31)43/h3-15,22-23,32H,16-21,24-26H2,1-2H3/i3D,4D,5D,6D,7D,8D,9D,10D,11D,12D,13D,14D,15D,16D2,17D2,18D2,19D2,21D2,22D,23D,24D2,25D2,26D2,32D. The number of ether oxygens (including phenoxy) is 1. The molecule has 1 fully saturated rings. The lowest BCUT2D eigenvalue weighted by Gasteiger charge is -2.39. The van der Waals surface area contributed by atoms with E-state index in [0.29, 0.717) is 14.0 Å². The summed E-state index contributed by atoms with van der Waals surface area (Å²) in [5.74, 6) is -8.01. The zero-order valence-electron chi connectivity index (χ0n) is 58.6. The van der Waals surface area contributed by atoms with E-state index in [1.54, 1.807) is 0 Å². The van der Waals surface area contributed by atoms with E-state index in [9.17, 15) is 30.3 Å². The molecule has 5 aromatic rings. The molecule has 0 unspecified atom stereocenters. The van der Waals surface area contributed by atoms with Gasteiger partial charge in [-0.2, -0.15) is 13.2 Å². The van der Waals surface area contributed by atoms with E-state index in [0.717, 1.165) is 0 Å². The second-order valence-electron chi connectivity index (χ2n) is 10.0. The maximum Gasteiger partial charge on any atom is 0.416 e. The van der Waals surface area contributed by atoms with Crippen LogP contribution in [-0.2, 0) is 34.4 Å². The first-order chi connectivity index (χ1) is 38.1. The van der Waals surface area contributed by atoms with Crippen LogP contribution in [-0.4, -0.2) is 59.5 Å². The maximum absolute atomic E-state index is 16.1. The van der Waals surface area contributed by atoms with Gasteiger partial charge in [-0.3, -0.25) is 9.59 Å². The van der Waals surface area contributed by atoms with E-state index >= 15 is 13.6 Å². The number of para-hydroxylation sites is 1. The second kappa shape index (κ2) is 16.7. The highest BCUT2D eigenvalue weighted by Gasteiger charge is 2.32. The number of pyridine rings is 1. The van der Waals surface area contributed by atoms with Gasteiger partial charge in [0.25, 0.3) is 0 Å². The van der Waals surface area contributed by atoms with Crippen LogP contribution in [0.2, 0.25) is 0 Å². The highest BCUT2D eigenvalue weighted by atomic mass is 32.2. The lowest BCUT2D eigenvalue weighted by molar-refractivity contribution is -0.138. The summed E-state index contributed by atoms with van der Waals surface area (Å²) in [5, 5.41) is -3.46. The van der Waals surface area contributed by atoms with Gasteiger partial charge < -0.3 is 19.1 Å². The Bertz CT molecular complexity index is 3650. The fourth-order valence-corrected chi connectivity index (χ4v) is 4.87. The molecule has 0 N–H and O–H groups in total. The summed E-state index contributed by atoms with van der Waals surface area (Å²) >= 11 is -0.931. The van der Waals surface area contributed by atoms with Crippen molar-refractivity contribution in [3.63, 3.8) is 0 Å². The Morgan fingerprint density at radius 1 is 1.02 bits per heavy atom. The van der Waals surface area contributed by atoms with Crippen LogP contribution >= 0.6 is 11.8 Å². The molecule has 0 radical (unpaired) electrons. The number of fused-ring (bicyclic) bond motifs is 1. The molecule has 0 spiro atoms. The second-order valence-corrected chi connectivity index (χ2v) is 10.8. The molecule has 0 saturated carbocycles. The van der Waals surface area contributed by atoms with E-state index in [2.05, 4.69) is 4.74 Å². The highest BCUT2D eigenvalue weighted by molar-refractivity contribution is 7.98. The van der Waals surface area contributed by atoms with Gasteiger partial charge in [-0.1, -0.05) is 60.4 Å². The molecule has 53 heavy (non-hydrogen) atoms. The number of likely N-dealkylation sites (tertiary alicyclic amines) is 1. The van der Waals surface area contributed by atoms with Gasteiger partial charge in [0.05, 0.1) is 52.8 Å². The molecule has 6 rings (SSSR count). The number of alkyl halides is 3. The first kappa shape index (κ1) is 15.0. The van der Waals surface area contributed by atoms with Crippen LogP contribution in [0.25, 0.3) is 22.0 Å². The number of carbonyl (C=O) groups excluding carboxylic acids is 1. The first-order valence-corrected chi connectivity index (χ1v) is 15.1. The number of thioether (sulfide) groups is 1. The van der Waals surface area contributed by atoms with Gasteiger partial charge in [0.15, 0.2) is 17.1 Å². The monoisotopic (exact) mass is 781 g/mol. The van der Waals surface area contributed by atoms with Crippen molar-refractivity contribution in [1.29, 1.82) is 0 Å². The van der Waals surface area contributed by atoms with Crippen molar-refractivity contribution in [2.45, 2.75) is 55.6 Å². The predicted molar refractivity (Wildman–Crippen MR) is 198 cm³/mol. The van der Waals surface area contributed by atoms with Crippen LogP contribution in [0.1, 0.15) is 78.9 Å². The Morgan fingerprint density at radius 2 is 1.74 bits per heavy atom. The van der Waals surface area contributed by atoms with Gasteiger partial charge in [0, 0.05) is 75.6 Å². The van der Waals surface area contributed by atoms with Crippen molar-refractivity contribution < 1.29 is 75.3 Å². The van der Waals surface area contributed by atoms with Gasteiger partial charge in [0.2, 0.25) is 5.91 Å². The number of hydrogen-bond donors (Lipinski definition) is 0. The van der Waals surface area contributed by atoms with Crippen molar-refractivity contribution in [3.05, 3.63) is 135 Å².